The molecule has 1 aromatic rings. The van der Waals surface area contributed by atoms with Crippen molar-refractivity contribution in [1.29, 1.82) is 0 Å². The number of carbonyl (C=O) groups excluding carboxylic acids is 2. The summed E-state index contributed by atoms with van der Waals surface area (Å²) >= 11 is 0. The lowest BCUT2D eigenvalue weighted by molar-refractivity contribution is -0.145. The monoisotopic (exact) mass is 305 g/mol. The number of rotatable bonds is 7. The van der Waals surface area contributed by atoms with E-state index in [-0.39, 0.29) is 11.8 Å². The summed E-state index contributed by atoms with van der Waals surface area (Å²) in [7, 11) is 2.91. The van der Waals surface area contributed by atoms with Crippen LogP contribution in [0.1, 0.15) is 25.8 Å². The van der Waals surface area contributed by atoms with Crippen LogP contribution in [-0.2, 0) is 14.3 Å². The highest BCUT2D eigenvalue weighted by Gasteiger charge is 2.21. The SMILES string of the molecule is COC(=O)[C@H](CC(C)C)NC(=O)/C=C/c1ccc(OC)cc1. The van der Waals surface area contributed by atoms with Gasteiger partial charge >= 0.3 is 5.97 Å². The predicted molar refractivity (Wildman–Crippen MR) is 85.4 cm³/mol. The molecule has 0 bridgehead atoms. The first-order valence-corrected chi connectivity index (χ1v) is 7.16. The van der Waals surface area contributed by atoms with Gasteiger partial charge in [-0.3, -0.25) is 4.79 Å². The standard InChI is InChI=1S/C17H23NO4/c1-12(2)11-15(17(20)22-4)18-16(19)10-7-13-5-8-14(21-3)9-6-13/h5-10,12,15H,11H2,1-4H3,(H,18,19)/b10-7+/t15-/m0/s1. The fourth-order valence-corrected chi connectivity index (χ4v) is 1.93. The normalized spacial score (nSPS) is 12.2. The Morgan fingerprint density at radius 1 is 1.18 bits per heavy atom. The summed E-state index contributed by atoms with van der Waals surface area (Å²) in [6.07, 6.45) is 3.62. The highest BCUT2D eigenvalue weighted by molar-refractivity contribution is 5.94. The van der Waals surface area contributed by atoms with Gasteiger partial charge in [0.2, 0.25) is 5.91 Å². The number of amides is 1. The van der Waals surface area contributed by atoms with E-state index in [4.69, 9.17) is 9.47 Å². The molecule has 0 radical (unpaired) electrons. The first-order chi connectivity index (χ1) is 10.5. The van der Waals surface area contributed by atoms with Gasteiger partial charge < -0.3 is 14.8 Å². The van der Waals surface area contributed by atoms with Gasteiger partial charge in [0.1, 0.15) is 11.8 Å². The van der Waals surface area contributed by atoms with E-state index in [0.29, 0.717) is 6.42 Å². The first kappa shape index (κ1) is 17.8. The largest absolute Gasteiger partial charge is 0.497 e. The molecule has 22 heavy (non-hydrogen) atoms. The molecule has 0 aromatic heterocycles. The number of carbonyl (C=O) groups is 2. The van der Waals surface area contributed by atoms with Gasteiger partial charge in [-0.2, -0.15) is 0 Å². The van der Waals surface area contributed by atoms with E-state index < -0.39 is 12.0 Å². The van der Waals surface area contributed by atoms with E-state index in [1.807, 2.05) is 38.1 Å². The Hall–Kier alpha value is -2.30. The lowest BCUT2D eigenvalue weighted by Crippen LogP contribution is -2.41. The van der Waals surface area contributed by atoms with Crippen LogP contribution in [0.3, 0.4) is 0 Å². The Bertz CT molecular complexity index is 520. The van der Waals surface area contributed by atoms with E-state index in [2.05, 4.69) is 5.32 Å². The van der Waals surface area contributed by atoms with Crippen LogP contribution in [0.25, 0.3) is 6.08 Å². The molecule has 5 nitrogen and oxygen atoms in total. The molecule has 1 atom stereocenters. The van der Waals surface area contributed by atoms with Crippen molar-refractivity contribution in [3.05, 3.63) is 35.9 Å². The zero-order valence-electron chi connectivity index (χ0n) is 13.5. The maximum Gasteiger partial charge on any atom is 0.328 e. The second-order valence-electron chi connectivity index (χ2n) is 5.32. The highest BCUT2D eigenvalue weighted by Crippen LogP contribution is 2.12. The molecule has 0 saturated carbocycles. The Kier molecular flexibility index (Phi) is 7.16. The van der Waals surface area contributed by atoms with Crippen molar-refractivity contribution in [3.63, 3.8) is 0 Å². The Morgan fingerprint density at radius 2 is 1.82 bits per heavy atom. The summed E-state index contributed by atoms with van der Waals surface area (Å²) in [5, 5.41) is 2.67. The van der Waals surface area contributed by atoms with Crippen LogP contribution in [-0.4, -0.2) is 32.1 Å². The summed E-state index contributed by atoms with van der Waals surface area (Å²) in [4.78, 5) is 23.6. The molecule has 120 valence electrons. The lowest BCUT2D eigenvalue weighted by Gasteiger charge is -2.17. The van der Waals surface area contributed by atoms with Crippen LogP contribution in [0, 0.1) is 5.92 Å². The molecule has 1 amide bonds. The van der Waals surface area contributed by atoms with Gasteiger partial charge in [0, 0.05) is 6.08 Å². The van der Waals surface area contributed by atoms with Crippen LogP contribution in [0.4, 0.5) is 0 Å². The van der Waals surface area contributed by atoms with Gasteiger partial charge in [0.15, 0.2) is 0 Å². The number of esters is 1. The van der Waals surface area contributed by atoms with Gasteiger partial charge in [0.05, 0.1) is 14.2 Å². The van der Waals surface area contributed by atoms with Crippen LogP contribution < -0.4 is 10.1 Å². The summed E-state index contributed by atoms with van der Waals surface area (Å²) in [5.74, 6) is 0.269. The molecule has 0 aliphatic carbocycles. The van der Waals surface area contributed by atoms with Gasteiger partial charge in [-0.25, -0.2) is 4.79 Å². The van der Waals surface area contributed by atoms with Crippen LogP contribution in [0.15, 0.2) is 30.3 Å². The molecule has 0 unspecified atom stereocenters. The lowest BCUT2D eigenvalue weighted by atomic mass is 10.0. The molecule has 0 fully saturated rings. The van der Waals surface area contributed by atoms with E-state index in [0.717, 1.165) is 11.3 Å². The van der Waals surface area contributed by atoms with E-state index in [1.165, 1.54) is 13.2 Å². The van der Waals surface area contributed by atoms with E-state index >= 15 is 0 Å². The van der Waals surface area contributed by atoms with Crippen LogP contribution >= 0.6 is 0 Å². The molecule has 1 rings (SSSR count). The van der Waals surface area contributed by atoms with E-state index in [1.54, 1.807) is 13.2 Å². The fraction of sp³-hybridized carbons (Fsp3) is 0.412. The second-order valence-corrected chi connectivity index (χ2v) is 5.32. The zero-order chi connectivity index (χ0) is 16.5. The topological polar surface area (TPSA) is 64.6 Å². The average molecular weight is 305 g/mol. The molecule has 0 aliphatic rings. The summed E-state index contributed by atoms with van der Waals surface area (Å²) < 4.78 is 9.78. The molecule has 1 N–H and O–H groups in total. The second kappa shape index (κ2) is 8.87. The molecule has 5 heteroatoms. The van der Waals surface area contributed by atoms with Crippen LogP contribution in [0.5, 0.6) is 5.75 Å². The number of hydrogen-bond donors (Lipinski definition) is 1. The third-order valence-corrected chi connectivity index (χ3v) is 3.05. The third-order valence-electron chi connectivity index (χ3n) is 3.05. The average Bonchev–Trinajstić information content (AvgIpc) is 2.51. The Balaban J connectivity index is 2.65. The molecule has 1 aromatic carbocycles. The summed E-state index contributed by atoms with van der Waals surface area (Å²) in [6.45, 7) is 3.96. The molecular weight excluding hydrogens is 282 g/mol. The number of nitrogens with one attached hydrogen (secondary N) is 1. The van der Waals surface area contributed by atoms with Crippen molar-refractivity contribution in [3.8, 4) is 5.75 Å². The number of ether oxygens (including phenoxy) is 2. The predicted octanol–water partition coefficient (Wildman–Crippen LogP) is 2.41. The van der Waals surface area contributed by atoms with Crippen molar-refractivity contribution >= 4 is 18.0 Å². The number of hydrogen-bond acceptors (Lipinski definition) is 4. The maximum atomic E-state index is 11.9. The molecule has 0 saturated heterocycles. The minimum Gasteiger partial charge on any atom is -0.497 e. The first-order valence-electron chi connectivity index (χ1n) is 7.16. The minimum atomic E-state index is -0.627. The molecule has 0 spiro atoms. The van der Waals surface area contributed by atoms with Crippen molar-refractivity contribution in [1.82, 2.24) is 5.32 Å². The van der Waals surface area contributed by atoms with Gasteiger partial charge in [0.25, 0.3) is 0 Å². The molecular formula is C17H23NO4. The van der Waals surface area contributed by atoms with Crippen molar-refractivity contribution < 1.29 is 19.1 Å². The Morgan fingerprint density at radius 3 is 2.32 bits per heavy atom. The van der Waals surface area contributed by atoms with Gasteiger partial charge in [-0.1, -0.05) is 26.0 Å². The molecule has 0 heterocycles. The zero-order valence-corrected chi connectivity index (χ0v) is 13.5. The molecule has 0 aliphatic heterocycles. The third kappa shape index (κ3) is 5.99. The maximum absolute atomic E-state index is 11.9. The smallest absolute Gasteiger partial charge is 0.328 e. The minimum absolute atomic E-state index is 0.273. The highest BCUT2D eigenvalue weighted by atomic mass is 16.5. The summed E-state index contributed by atoms with van der Waals surface area (Å²) in [6, 6.07) is 6.68. The van der Waals surface area contributed by atoms with Gasteiger partial charge in [-0.05, 0) is 36.1 Å². The van der Waals surface area contributed by atoms with Crippen molar-refractivity contribution in [2.75, 3.05) is 14.2 Å². The fourth-order valence-electron chi connectivity index (χ4n) is 1.93. The number of methoxy groups -OCH3 is 2. The van der Waals surface area contributed by atoms with Crippen LogP contribution in [0.2, 0.25) is 0 Å². The van der Waals surface area contributed by atoms with Crippen molar-refractivity contribution in [2.24, 2.45) is 5.92 Å². The quantitative estimate of drug-likeness (QED) is 0.620. The van der Waals surface area contributed by atoms with E-state index in [9.17, 15) is 9.59 Å². The Labute approximate surface area is 131 Å². The van der Waals surface area contributed by atoms with Crippen molar-refractivity contribution in [2.45, 2.75) is 26.3 Å². The number of benzene rings is 1. The summed E-state index contributed by atoms with van der Waals surface area (Å²) in [5.41, 5.74) is 0.870. The van der Waals surface area contributed by atoms with Gasteiger partial charge in [-0.15, -0.1) is 0 Å².